The Bertz CT molecular complexity index is 249. The summed E-state index contributed by atoms with van der Waals surface area (Å²) in [5.74, 6) is 10.7. The standard InChI is InChI=1S/C8H16N4O4/c9-11(7(13)14)5-1-2-6(4-3-5)12(10)8(15)16/h5-6H,1-4,9-10H2,(H,13,14)(H,15,16). The summed E-state index contributed by atoms with van der Waals surface area (Å²) in [7, 11) is 0. The largest absolute Gasteiger partial charge is 0.464 e. The molecular formula is C8H16N4O4. The average molecular weight is 232 g/mol. The van der Waals surface area contributed by atoms with E-state index in [1.165, 1.54) is 0 Å². The molecule has 0 spiro atoms. The number of amides is 2. The first kappa shape index (κ1) is 12.5. The quantitative estimate of drug-likeness (QED) is 0.301. The molecule has 0 bridgehead atoms. The van der Waals surface area contributed by atoms with Crippen molar-refractivity contribution in [2.45, 2.75) is 37.8 Å². The molecule has 0 aliphatic heterocycles. The van der Waals surface area contributed by atoms with Crippen molar-refractivity contribution in [2.24, 2.45) is 11.7 Å². The number of carbonyl (C=O) groups is 2. The summed E-state index contributed by atoms with van der Waals surface area (Å²) in [5.41, 5.74) is 0. The molecule has 1 aliphatic rings. The lowest BCUT2D eigenvalue weighted by Crippen LogP contribution is -2.51. The molecule has 2 amide bonds. The van der Waals surface area contributed by atoms with E-state index in [2.05, 4.69) is 0 Å². The van der Waals surface area contributed by atoms with Crippen LogP contribution in [0.5, 0.6) is 0 Å². The first-order valence-corrected chi connectivity index (χ1v) is 4.97. The van der Waals surface area contributed by atoms with Gasteiger partial charge in [0.15, 0.2) is 0 Å². The second-order valence-electron chi connectivity index (χ2n) is 3.84. The number of hydrazine groups is 2. The van der Waals surface area contributed by atoms with Gasteiger partial charge in [-0.25, -0.2) is 31.3 Å². The predicted molar refractivity (Wildman–Crippen MR) is 54.1 cm³/mol. The molecule has 0 radical (unpaired) electrons. The van der Waals surface area contributed by atoms with Crippen LogP contribution in [-0.2, 0) is 0 Å². The summed E-state index contributed by atoms with van der Waals surface area (Å²) in [6.45, 7) is 0. The molecule has 1 saturated carbocycles. The molecular weight excluding hydrogens is 216 g/mol. The SMILES string of the molecule is NN(C(=O)O)C1CCC(N(N)C(=O)O)CC1. The Hall–Kier alpha value is -1.54. The second kappa shape index (κ2) is 4.99. The Morgan fingerprint density at radius 1 is 0.875 bits per heavy atom. The highest BCUT2D eigenvalue weighted by Crippen LogP contribution is 2.24. The van der Waals surface area contributed by atoms with Crippen molar-refractivity contribution >= 4 is 12.2 Å². The van der Waals surface area contributed by atoms with Crippen molar-refractivity contribution in [1.29, 1.82) is 0 Å². The van der Waals surface area contributed by atoms with Gasteiger partial charge in [0.25, 0.3) is 0 Å². The zero-order valence-electron chi connectivity index (χ0n) is 8.74. The second-order valence-corrected chi connectivity index (χ2v) is 3.84. The molecule has 1 fully saturated rings. The maximum atomic E-state index is 10.6. The van der Waals surface area contributed by atoms with Crippen LogP contribution in [-0.4, -0.2) is 44.5 Å². The third-order valence-corrected chi connectivity index (χ3v) is 2.89. The Morgan fingerprint density at radius 2 is 1.12 bits per heavy atom. The molecule has 92 valence electrons. The molecule has 1 rings (SSSR count). The van der Waals surface area contributed by atoms with Gasteiger partial charge in [0.2, 0.25) is 0 Å². The lowest BCUT2D eigenvalue weighted by molar-refractivity contribution is 0.0783. The van der Waals surface area contributed by atoms with Crippen molar-refractivity contribution < 1.29 is 19.8 Å². The number of nitrogens with two attached hydrogens (primary N) is 2. The van der Waals surface area contributed by atoms with Crippen LogP contribution in [0.4, 0.5) is 9.59 Å². The molecule has 0 atom stereocenters. The Morgan fingerprint density at radius 3 is 1.31 bits per heavy atom. The van der Waals surface area contributed by atoms with E-state index in [0.29, 0.717) is 25.7 Å². The van der Waals surface area contributed by atoms with Crippen LogP contribution in [0.3, 0.4) is 0 Å². The van der Waals surface area contributed by atoms with Crippen molar-refractivity contribution in [2.75, 3.05) is 0 Å². The van der Waals surface area contributed by atoms with Crippen molar-refractivity contribution in [3.8, 4) is 0 Å². The molecule has 0 unspecified atom stereocenters. The van der Waals surface area contributed by atoms with E-state index < -0.39 is 12.2 Å². The first-order chi connectivity index (χ1) is 7.43. The maximum Gasteiger partial charge on any atom is 0.421 e. The lowest BCUT2D eigenvalue weighted by atomic mass is 9.90. The van der Waals surface area contributed by atoms with Crippen LogP contribution < -0.4 is 11.7 Å². The minimum atomic E-state index is -1.17. The fraction of sp³-hybridized carbons (Fsp3) is 0.750. The van der Waals surface area contributed by atoms with Gasteiger partial charge in [0, 0.05) is 0 Å². The first-order valence-electron chi connectivity index (χ1n) is 4.97. The highest BCUT2D eigenvalue weighted by atomic mass is 16.4. The Balaban J connectivity index is 2.45. The minimum Gasteiger partial charge on any atom is -0.464 e. The van der Waals surface area contributed by atoms with Gasteiger partial charge in [-0.3, -0.25) is 0 Å². The van der Waals surface area contributed by atoms with Gasteiger partial charge in [-0.15, -0.1) is 0 Å². The molecule has 0 saturated heterocycles. The molecule has 0 heterocycles. The molecule has 0 aromatic carbocycles. The fourth-order valence-corrected chi connectivity index (χ4v) is 1.93. The molecule has 0 aromatic heterocycles. The molecule has 16 heavy (non-hydrogen) atoms. The van der Waals surface area contributed by atoms with Gasteiger partial charge < -0.3 is 10.2 Å². The van der Waals surface area contributed by atoms with Crippen LogP contribution in [0.15, 0.2) is 0 Å². The minimum absolute atomic E-state index is 0.254. The van der Waals surface area contributed by atoms with Crippen LogP contribution in [0.2, 0.25) is 0 Å². The number of nitrogens with zero attached hydrogens (tertiary/aromatic N) is 2. The van der Waals surface area contributed by atoms with E-state index in [-0.39, 0.29) is 12.1 Å². The number of hydrogen-bond acceptors (Lipinski definition) is 4. The lowest BCUT2D eigenvalue weighted by Gasteiger charge is -2.35. The normalized spacial score (nSPS) is 24.9. The van der Waals surface area contributed by atoms with Crippen molar-refractivity contribution in [3.05, 3.63) is 0 Å². The van der Waals surface area contributed by atoms with E-state index in [1.807, 2.05) is 0 Å². The van der Waals surface area contributed by atoms with Gasteiger partial charge in [-0.05, 0) is 25.7 Å². The monoisotopic (exact) mass is 232 g/mol. The molecule has 6 N–H and O–H groups in total. The summed E-state index contributed by atoms with van der Waals surface area (Å²) < 4.78 is 0. The van der Waals surface area contributed by atoms with Crippen LogP contribution >= 0.6 is 0 Å². The summed E-state index contributed by atoms with van der Waals surface area (Å²) in [6.07, 6.45) is -0.260. The van der Waals surface area contributed by atoms with E-state index in [1.54, 1.807) is 0 Å². The molecule has 8 heteroatoms. The van der Waals surface area contributed by atoms with Gasteiger partial charge in [0.1, 0.15) is 0 Å². The van der Waals surface area contributed by atoms with Crippen molar-refractivity contribution in [1.82, 2.24) is 10.0 Å². The highest BCUT2D eigenvalue weighted by Gasteiger charge is 2.30. The molecule has 0 aromatic rings. The zero-order valence-corrected chi connectivity index (χ0v) is 8.74. The van der Waals surface area contributed by atoms with Crippen molar-refractivity contribution in [3.63, 3.8) is 0 Å². The molecule has 1 aliphatic carbocycles. The highest BCUT2D eigenvalue weighted by molar-refractivity contribution is 5.65. The topological polar surface area (TPSA) is 133 Å². The van der Waals surface area contributed by atoms with Crippen LogP contribution in [0.1, 0.15) is 25.7 Å². The van der Waals surface area contributed by atoms with E-state index in [4.69, 9.17) is 21.9 Å². The maximum absolute atomic E-state index is 10.6. The van der Waals surface area contributed by atoms with E-state index in [9.17, 15) is 9.59 Å². The predicted octanol–water partition coefficient (Wildman–Crippen LogP) is 0.00500. The Kier molecular flexibility index (Phi) is 3.91. The summed E-state index contributed by atoms with van der Waals surface area (Å²) in [5, 5.41) is 18.9. The zero-order chi connectivity index (χ0) is 12.3. The van der Waals surface area contributed by atoms with E-state index in [0.717, 1.165) is 10.0 Å². The number of rotatable bonds is 2. The third-order valence-electron chi connectivity index (χ3n) is 2.89. The van der Waals surface area contributed by atoms with Crippen LogP contribution in [0.25, 0.3) is 0 Å². The van der Waals surface area contributed by atoms with Gasteiger partial charge in [-0.1, -0.05) is 0 Å². The number of carboxylic acid groups (broad SMARTS) is 2. The summed E-state index contributed by atoms with van der Waals surface area (Å²) in [6, 6.07) is -0.508. The Labute approximate surface area is 92.3 Å². The number of hydrogen-bond donors (Lipinski definition) is 4. The third kappa shape index (κ3) is 2.74. The smallest absolute Gasteiger partial charge is 0.421 e. The van der Waals surface area contributed by atoms with Gasteiger partial charge in [-0.2, -0.15) is 0 Å². The summed E-state index contributed by atoms with van der Waals surface area (Å²) in [4.78, 5) is 21.2. The summed E-state index contributed by atoms with van der Waals surface area (Å²) >= 11 is 0. The van der Waals surface area contributed by atoms with Crippen LogP contribution in [0, 0.1) is 0 Å². The molecule has 8 nitrogen and oxygen atoms in total. The fourth-order valence-electron chi connectivity index (χ4n) is 1.93. The van der Waals surface area contributed by atoms with E-state index >= 15 is 0 Å². The van der Waals surface area contributed by atoms with Gasteiger partial charge in [0.05, 0.1) is 12.1 Å². The average Bonchev–Trinajstić information content (AvgIpc) is 2.27. The van der Waals surface area contributed by atoms with Gasteiger partial charge >= 0.3 is 12.2 Å².